The highest BCUT2D eigenvalue weighted by Gasteiger charge is 2.51. The quantitative estimate of drug-likeness (QED) is 0.180. The smallest absolute Gasteiger partial charge is 0.0725 e. The summed E-state index contributed by atoms with van der Waals surface area (Å²) in [6.07, 6.45) is 8.95. The molecule has 0 amide bonds. The molecule has 7 aromatic rings. The van der Waals surface area contributed by atoms with E-state index in [9.17, 15) is 0 Å². The van der Waals surface area contributed by atoms with Crippen molar-refractivity contribution in [3.05, 3.63) is 215 Å². The third-order valence-corrected chi connectivity index (χ3v) is 12.6. The molecular weight excluding hydrogens is 639 g/mol. The maximum Gasteiger partial charge on any atom is 0.0725 e. The minimum atomic E-state index is -0.348. The van der Waals surface area contributed by atoms with Gasteiger partial charge in [0.25, 0.3) is 0 Å². The van der Waals surface area contributed by atoms with Crippen LogP contribution in [0.15, 0.2) is 176 Å². The summed E-state index contributed by atoms with van der Waals surface area (Å²) >= 11 is 0. The molecule has 0 saturated heterocycles. The lowest BCUT2D eigenvalue weighted by Gasteiger charge is -2.43. The molecule has 0 aromatic heterocycles. The molecule has 7 aromatic carbocycles. The molecule has 1 aliphatic heterocycles. The Morgan fingerprint density at radius 3 is 1.62 bits per heavy atom. The summed E-state index contributed by atoms with van der Waals surface area (Å²) < 4.78 is 0. The Hall–Kier alpha value is -6.18. The number of benzene rings is 7. The van der Waals surface area contributed by atoms with Crippen molar-refractivity contribution in [3.63, 3.8) is 0 Å². The fourth-order valence-electron chi connectivity index (χ4n) is 10.1. The number of fused-ring (bicyclic) bond motifs is 12. The SMILES string of the molecule is CC1(C)c2cc(C3=CC=CCC3)ccc2N(c2ccc3c(c2)-c2ccccc2C32c3ccccc3-c3ccccc32)c2ccc(-c3ccccc3)cc21. The second-order valence-corrected chi connectivity index (χ2v) is 15.6. The zero-order valence-electron chi connectivity index (χ0n) is 30.1. The van der Waals surface area contributed by atoms with Crippen LogP contribution >= 0.6 is 0 Å². The number of nitrogens with zero attached hydrogens (tertiary/aromatic N) is 1. The monoisotopic (exact) mass is 677 g/mol. The number of hydrogen-bond donors (Lipinski definition) is 0. The summed E-state index contributed by atoms with van der Waals surface area (Å²) in [5.41, 5.74) is 21.9. The highest BCUT2D eigenvalue weighted by atomic mass is 15.2. The maximum absolute atomic E-state index is 2.54. The van der Waals surface area contributed by atoms with E-state index >= 15 is 0 Å². The van der Waals surface area contributed by atoms with E-state index in [1.807, 2.05) is 0 Å². The van der Waals surface area contributed by atoms with Gasteiger partial charge in [-0.15, -0.1) is 0 Å². The highest BCUT2D eigenvalue weighted by Crippen LogP contribution is 2.63. The second kappa shape index (κ2) is 11.2. The van der Waals surface area contributed by atoms with Crippen LogP contribution in [0.5, 0.6) is 0 Å². The molecule has 3 aliphatic carbocycles. The van der Waals surface area contributed by atoms with Gasteiger partial charge in [-0.1, -0.05) is 153 Å². The minimum absolute atomic E-state index is 0.211. The highest BCUT2D eigenvalue weighted by molar-refractivity contribution is 5.97. The van der Waals surface area contributed by atoms with Gasteiger partial charge >= 0.3 is 0 Å². The number of hydrogen-bond acceptors (Lipinski definition) is 1. The standard InChI is InChI=1S/C52H39N/c1-51(2)47-31-36(34-15-5-3-6-16-34)25-29-49(47)53(50-30-26-37(32-48(50)51)35-17-7-4-8-18-35)38-27-28-46-42(33-38)41-21-11-14-24-45(41)52(46)43-22-12-9-19-39(43)40-20-10-13-23-44(40)52/h3-7,9-17,19-33H,8,18H2,1-2H3. The van der Waals surface area contributed by atoms with Crippen LogP contribution in [0.4, 0.5) is 17.1 Å². The largest absolute Gasteiger partial charge is 0.310 e. The fourth-order valence-corrected chi connectivity index (χ4v) is 10.1. The second-order valence-electron chi connectivity index (χ2n) is 15.6. The van der Waals surface area contributed by atoms with Gasteiger partial charge < -0.3 is 4.90 Å². The molecule has 11 rings (SSSR count). The Morgan fingerprint density at radius 1 is 0.453 bits per heavy atom. The molecule has 252 valence electrons. The fraction of sp³-hybridized carbons (Fsp3) is 0.115. The summed E-state index contributed by atoms with van der Waals surface area (Å²) in [7, 11) is 0. The lowest BCUT2D eigenvalue weighted by atomic mass is 9.70. The molecule has 0 unspecified atom stereocenters. The minimum Gasteiger partial charge on any atom is -0.310 e. The Kier molecular flexibility index (Phi) is 6.41. The average molecular weight is 678 g/mol. The van der Waals surface area contributed by atoms with E-state index in [0.29, 0.717) is 0 Å². The molecule has 1 heteroatoms. The first kappa shape index (κ1) is 30.4. The Bertz CT molecular complexity index is 2660. The van der Waals surface area contributed by atoms with E-state index in [1.54, 1.807) is 0 Å². The maximum atomic E-state index is 2.54. The molecule has 0 radical (unpaired) electrons. The van der Waals surface area contributed by atoms with Crippen molar-refractivity contribution < 1.29 is 0 Å². The summed E-state index contributed by atoms with van der Waals surface area (Å²) in [6.45, 7) is 4.82. The van der Waals surface area contributed by atoms with Gasteiger partial charge in [-0.3, -0.25) is 0 Å². The Labute approximate surface area is 312 Å². The molecule has 0 saturated carbocycles. The molecule has 4 aliphatic rings. The first-order valence-corrected chi connectivity index (χ1v) is 19.0. The van der Waals surface area contributed by atoms with Crippen molar-refractivity contribution in [1.82, 2.24) is 0 Å². The van der Waals surface area contributed by atoms with Gasteiger partial charge in [-0.25, -0.2) is 0 Å². The molecule has 0 atom stereocenters. The lowest BCUT2D eigenvalue weighted by Crippen LogP contribution is -2.31. The summed E-state index contributed by atoms with van der Waals surface area (Å²) in [5.74, 6) is 0. The first-order chi connectivity index (χ1) is 26.0. The van der Waals surface area contributed by atoms with Crippen LogP contribution in [-0.2, 0) is 10.8 Å². The molecule has 0 fully saturated rings. The van der Waals surface area contributed by atoms with Gasteiger partial charge in [0.15, 0.2) is 0 Å². The molecule has 1 spiro atoms. The van der Waals surface area contributed by atoms with E-state index in [0.717, 1.165) is 12.8 Å². The van der Waals surface area contributed by atoms with Crippen molar-refractivity contribution >= 4 is 22.6 Å². The summed E-state index contributed by atoms with van der Waals surface area (Å²) in [4.78, 5) is 2.54. The van der Waals surface area contributed by atoms with E-state index in [-0.39, 0.29) is 10.8 Å². The van der Waals surface area contributed by atoms with Crippen molar-refractivity contribution in [2.24, 2.45) is 0 Å². The van der Waals surface area contributed by atoms with Crippen LogP contribution in [0.1, 0.15) is 65.6 Å². The zero-order valence-corrected chi connectivity index (χ0v) is 30.1. The molecular formula is C52H39N. The van der Waals surface area contributed by atoms with Crippen LogP contribution in [0.2, 0.25) is 0 Å². The van der Waals surface area contributed by atoms with Gasteiger partial charge in [-0.2, -0.15) is 0 Å². The van der Waals surface area contributed by atoms with Crippen LogP contribution in [0.3, 0.4) is 0 Å². The van der Waals surface area contributed by atoms with E-state index in [1.165, 1.54) is 95.0 Å². The third-order valence-electron chi connectivity index (χ3n) is 12.6. The van der Waals surface area contributed by atoms with E-state index in [4.69, 9.17) is 0 Å². The van der Waals surface area contributed by atoms with E-state index in [2.05, 4.69) is 195 Å². The number of allylic oxidation sites excluding steroid dienone is 4. The molecule has 0 bridgehead atoms. The van der Waals surface area contributed by atoms with Crippen molar-refractivity contribution in [2.75, 3.05) is 4.90 Å². The lowest BCUT2D eigenvalue weighted by molar-refractivity contribution is 0.632. The zero-order chi connectivity index (χ0) is 35.3. The topological polar surface area (TPSA) is 3.24 Å². The van der Waals surface area contributed by atoms with Gasteiger partial charge in [0.2, 0.25) is 0 Å². The predicted molar refractivity (Wildman–Crippen MR) is 221 cm³/mol. The summed E-state index contributed by atoms with van der Waals surface area (Å²) in [6, 6.07) is 59.7. The number of anilines is 3. The predicted octanol–water partition coefficient (Wildman–Crippen LogP) is 13.5. The van der Waals surface area contributed by atoms with Crippen LogP contribution in [0.25, 0.3) is 39.0 Å². The van der Waals surface area contributed by atoms with Crippen molar-refractivity contribution in [2.45, 2.75) is 37.5 Å². The molecule has 0 N–H and O–H groups in total. The van der Waals surface area contributed by atoms with Crippen LogP contribution in [0, 0.1) is 0 Å². The van der Waals surface area contributed by atoms with Gasteiger partial charge in [0.05, 0.1) is 16.8 Å². The molecule has 1 nitrogen and oxygen atoms in total. The molecule has 1 heterocycles. The average Bonchev–Trinajstić information content (AvgIpc) is 3.69. The Morgan fingerprint density at radius 2 is 1.00 bits per heavy atom. The van der Waals surface area contributed by atoms with Gasteiger partial charge in [0, 0.05) is 11.1 Å². The van der Waals surface area contributed by atoms with Gasteiger partial charge in [-0.05, 0) is 127 Å². The van der Waals surface area contributed by atoms with Crippen LogP contribution < -0.4 is 4.90 Å². The van der Waals surface area contributed by atoms with Crippen LogP contribution in [-0.4, -0.2) is 0 Å². The van der Waals surface area contributed by atoms with Crippen molar-refractivity contribution in [1.29, 1.82) is 0 Å². The third kappa shape index (κ3) is 4.14. The van der Waals surface area contributed by atoms with E-state index < -0.39 is 0 Å². The van der Waals surface area contributed by atoms with Crippen molar-refractivity contribution in [3.8, 4) is 33.4 Å². The summed E-state index contributed by atoms with van der Waals surface area (Å²) in [5, 5.41) is 0. The first-order valence-electron chi connectivity index (χ1n) is 19.0. The number of rotatable bonds is 3. The Balaban J connectivity index is 1.15. The normalized spacial score (nSPS) is 16.3. The molecule has 53 heavy (non-hydrogen) atoms. The van der Waals surface area contributed by atoms with Gasteiger partial charge in [0.1, 0.15) is 0 Å².